The molecule has 6 heteroatoms. The average Bonchev–Trinajstić information content (AvgIpc) is 3.04. The molecular formula is C21H16N2O4. The predicted molar refractivity (Wildman–Crippen MR) is 99.4 cm³/mol. The topological polar surface area (TPSA) is 84.9 Å². The van der Waals surface area contributed by atoms with E-state index in [1.54, 1.807) is 18.2 Å². The van der Waals surface area contributed by atoms with Crippen molar-refractivity contribution in [2.45, 2.75) is 6.92 Å². The number of benzene rings is 2. The Labute approximate surface area is 154 Å². The van der Waals surface area contributed by atoms with Crippen molar-refractivity contribution in [2.24, 2.45) is 4.99 Å². The van der Waals surface area contributed by atoms with Crippen molar-refractivity contribution in [3.05, 3.63) is 70.4 Å². The number of ether oxygens (including phenoxy) is 1. The van der Waals surface area contributed by atoms with Gasteiger partial charge in [-0.05, 0) is 49.4 Å². The minimum Gasteiger partial charge on any atom is -0.494 e. The minimum absolute atomic E-state index is 0.174. The van der Waals surface area contributed by atoms with Crippen molar-refractivity contribution in [3.63, 3.8) is 0 Å². The lowest BCUT2D eigenvalue weighted by molar-refractivity contribution is -0.114. The zero-order valence-electron chi connectivity index (χ0n) is 14.5. The SMILES string of the molecule is CCOc1ccc2c(c1)=C/C(=C\c1nc(-c3ccccc3)oc1O)C(=O)N=2. The number of carbonyl (C=O) groups is 1. The van der Waals surface area contributed by atoms with Gasteiger partial charge in [0.05, 0.1) is 12.0 Å². The van der Waals surface area contributed by atoms with Crippen LogP contribution in [-0.4, -0.2) is 22.6 Å². The molecule has 0 spiro atoms. The summed E-state index contributed by atoms with van der Waals surface area (Å²) in [5, 5.41) is 11.4. The van der Waals surface area contributed by atoms with E-state index in [1.165, 1.54) is 6.08 Å². The van der Waals surface area contributed by atoms with Gasteiger partial charge in [0, 0.05) is 16.4 Å². The van der Waals surface area contributed by atoms with Gasteiger partial charge in [-0.1, -0.05) is 18.2 Å². The van der Waals surface area contributed by atoms with Crippen molar-refractivity contribution in [1.82, 2.24) is 4.98 Å². The van der Waals surface area contributed by atoms with Gasteiger partial charge in [-0.15, -0.1) is 0 Å². The summed E-state index contributed by atoms with van der Waals surface area (Å²) in [6.07, 6.45) is 3.16. The van der Waals surface area contributed by atoms with Crippen LogP contribution >= 0.6 is 0 Å². The van der Waals surface area contributed by atoms with E-state index in [-0.39, 0.29) is 17.5 Å². The molecule has 1 amide bonds. The number of hydrogen-bond donors (Lipinski definition) is 1. The molecule has 0 saturated carbocycles. The van der Waals surface area contributed by atoms with Crippen LogP contribution in [0.3, 0.4) is 0 Å². The molecule has 4 rings (SSSR count). The van der Waals surface area contributed by atoms with E-state index in [2.05, 4.69) is 9.98 Å². The molecule has 0 bridgehead atoms. The Kier molecular flexibility index (Phi) is 4.30. The molecule has 0 atom stereocenters. The monoisotopic (exact) mass is 360 g/mol. The van der Waals surface area contributed by atoms with Crippen LogP contribution in [-0.2, 0) is 4.79 Å². The highest BCUT2D eigenvalue weighted by Gasteiger charge is 2.16. The molecule has 1 N–H and O–H groups in total. The Morgan fingerprint density at radius 1 is 1.19 bits per heavy atom. The Morgan fingerprint density at radius 3 is 2.78 bits per heavy atom. The average molecular weight is 360 g/mol. The van der Waals surface area contributed by atoms with Crippen LogP contribution < -0.4 is 15.3 Å². The zero-order chi connectivity index (χ0) is 18.8. The van der Waals surface area contributed by atoms with E-state index in [0.29, 0.717) is 23.3 Å². The fourth-order valence-electron chi connectivity index (χ4n) is 2.78. The first kappa shape index (κ1) is 16.8. The van der Waals surface area contributed by atoms with Crippen LogP contribution in [0.5, 0.6) is 11.7 Å². The second-order valence-electron chi connectivity index (χ2n) is 5.89. The van der Waals surface area contributed by atoms with Crippen LogP contribution in [0.15, 0.2) is 63.5 Å². The van der Waals surface area contributed by atoms with Crippen LogP contribution in [0, 0.1) is 0 Å². The second-order valence-corrected chi connectivity index (χ2v) is 5.89. The lowest BCUT2D eigenvalue weighted by Crippen LogP contribution is -2.30. The molecule has 3 aromatic rings. The number of carbonyl (C=O) groups excluding carboxylic acids is 1. The van der Waals surface area contributed by atoms with Crippen LogP contribution in [0.4, 0.5) is 0 Å². The van der Waals surface area contributed by atoms with Crippen molar-refractivity contribution in [1.29, 1.82) is 0 Å². The molecule has 0 aliphatic carbocycles. The first-order chi connectivity index (χ1) is 13.1. The Bertz CT molecular complexity index is 1160. The fraction of sp³-hybridized carbons (Fsp3) is 0.0952. The Balaban J connectivity index is 1.75. The maximum Gasteiger partial charge on any atom is 0.310 e. The van der Waals surface area contributed by atoms with Gasteiger partial charge in [-0.2, -0.15) is 0 Å². The molecule has 27 heavy (non-hydrogen) atoms. The van der Waals surface area contributed by atoms with E-state index in [0.717, 1.165) is 10.8 Å². The Hall–Kier alpha value is -3.67. The summed E-state index contributed by atoms with van der Waals surface area (Å²) in [7, 11) is 0. The maximum atomic E-state index is 12.3. The van der Waals surface area contributed by atoms with E-state index in [9.17, 15) is 9.90 Å². The quantitative estimate of drug-likeness (QED) is 0.723. The van der Waals surface area contributed by atoms with Crippen LogP contribution in [0.2, 0.25) is 0 Å². The molecule has 134 valence electrons. The predicted octanol–water partition coefficient (Wildman–Crippen LogP) is 2.47. The lowest BCUT2D eigenvalue weighted by atomic mass is 10.1. The van der Waals surface area contributed by atoms with Crippen molar-refractivity contribution >= 4 is 18.1 Å². The van der Waals surface area contributed by atoms with E-state index < -0.39 is 5.91 Å². The first-order valence-electron chi connectivity index (χ1n) is 8.48. The second kappa shape index (κ2) is 6.92. The highest BCUT2D eigenvalue weighted by Crippen LogP contribution is 2.28. The molecule has 6 nitrogen and oxygen atoms in total. The molecule has 0 saturated heterocycles. The van der Waals surface area contributed by atoms with Crippen molar-refractivity contribution in [3.8, 4) is 23.1 Å². The molecule has 2 aromatic carbocycles. The van der Waals surface area contributed by atoms with Gasteiger partial charge in [0.1, 0.15) is 11.4 Å². The van der Waals surface area contributed by atoms with Crippen molar-refractivity contribution in [2.75, 3.05) is 6.61 Å². The smallest absolute Gasteiger partial charge is 0.310 e. The summed E-state index contributed by atoms with van der Waals surface area (Å²) < 4.78 is 10.8. The van der Waals surface area contributed by atoms with E-state index in [1.807, 2.05) is 43.3 Å². The standard InChI is InChI=1S/C21H16N2O4/c1-2-26-16-8-9-17-14(11-16)10-15(19(24)22-17)12-18-21(25)27-20(23-18)13-6-4-3-5-7-13/h3-12,25H,2H2,1H3/b15-12+. The number of amides is 1. The van der Waals surface area contributed by atoms with Gasteiger partial charge in [-0.3, -0.25) is 4.79 Å². The number of rotatable bonds is 4. The fourth-order valence-corrected chi connectivity index (χ4v) is 2.78. The molecule has 0 radical (unpaired) electrons. The van der Waals surface area contributed by atoms with E-state index >= 15 is 0 Å². The molecule has 1 aliphatic heterocycles. The summed E-state index contributed by atoms with van der Waals surface area (Å²) in [6.45, 7) is 2.45. The third-order valence-electron chi connectivity index (χ3n) is 4.04. The largest absolute Gasteiger partial charge is 0.494 e. The van der Waals surface area contributed by atoms with Gasteiger partial charge in [0.25, 0.3) is 5.91 Å². The molecule has 1 aliphatic rings. The summed E-state index contributed by atoms with van der Waals surface area (Å²) in [6, 6.07) is 14.5. The zero-order valence-corrected chi connectivity index (χ0v) is 14.5. The lowest BCUT2D eigenvalue weighted by Gasteiger charge is -2.06. The van der Waals surface area contributed by atoms with Crippen LogP contribution in [0.25, 0.3) is 23.6 Å². The van der Waals surface area contributed by atoms with E-state index in [4.69, 9.17) is 9.15 Å². The minimum atomic E-state index is -0.407. The number of aromatic nitrogens is 1. The molecule has 0 unspecified atom stereocenters. The third-order valence-corrected chi connectivity index (χ3v) is 4.04. The number of nitrogens with zero attached hydrogens (tertiary/aromatic N) is 2. The van der Waals surface area contributed by atoms with Gasteiger partial charge in [0.15, 0.2) is 0 Å². The first-order valence-corrected chi connectivity index (χ1v) is 8.48. The van der Waals surface area contributed by atoms with Gasteiger partial charge in [-0.25, -0.2) is 9.98 Å². The summed E-state index contributed by atoms with van der Waals surface area (Å²) in [5.74, 6) is 0.220. The Morgan fingerprint density at radius 2 is 2.00 bits per heavy atom. The van der Waals surface area contributed by atoms with Crippen LogP contribution in [0.1, 0.15) is 12.6 Å². The summed E-state index contributed by atoms with van der Waals surface area (Å²) >= 11 is 0. The van der Waals surface area contributed by atoms with Gasteiger partial charge >= 0.3 is 5.95 Å². The number of aromatic hydroxyl groups is 1. The molecule has 2 heterocycles. The third kappa shape index (κ3) is 3.37. The van der Waals surface area contributed by atoms with Crippen molar-refractivity contribution < 1.29 is 19.1 Å². The normalized spacial score (nSPS) is 14.4. The molecule has 0 fully saturated rings. The molecule has 1 aromatic heterocycles. The summed E-state index contributed by atoms with van der Waals surface area (Å²) in [4.78, 5) is 20.7. The summed E-state index contributed by atoms with van der Waals surface area (Å²) in [5.41, 5.74) is 1.21. The highest BCUT2D eigenvalue weighted by atomic mass is 16.5. The highest BCUT2D eigenvalue weighted by molar-refractivity contribution is 6.07. The maximum absolute atomic E-state index is 12.3. The number of fused-ring (bicyclic) bond motifs is 1. The molecular weight excluding hydrogens is 344 g/mol. The number of oxazole rings is 1. The van der Waals surface area contributed by atoms with Gasteiger partial charge in [0.2, 0.25) is 5.89 Å². The van der Waals surface area contributed by atoms with Gasteiger partial charge < -0.3 is 14.3 Å². The number of hydrogen-bond acceptors (Lipinski definition) is 5.